The van der Waals surface area contributed by atoms with Crippen LogP contribution in [0.5, 0.6) is 0 Å². The third kappa shape index (κ3) is 9.40. The van der Waals surface area contributed by atoms with Crippen LogP contribution in [0.4, 0.5) is 0 Å². The van der Waals surface area contributed by atoms with Gasteiger partial charge in [-0.2, -0.15) is 0 Å². The van der Waals surface area contributed by atoms with Crippen LogP contribution >= 0.6 is 11.6 Å². The van der Waals surface area contributed by atoms with Gasteiger partial charge in [0, 0.05) is 17.0 Å². The van der Waals surface area contributed by atoms with Crippen molar-refractivity contribution in [3.05, 3.63) is 72.8 Å². The molecule has 0 heterocycles. The quantitative estimate of drug-likeness (QED) is 0.372. The van der Waals surface area contributed by atoms with Crippen molar-refractivity contribution in [3.8, 4) is 0 Å². The Bertz CT molecular complexity index is 503. The molecule has 0 amide bonds. The summed E-state index contributed by atoms with van der Waals surface area (Å²) in [6, 6.07) is 8.83. The first-order valence-electron chi connectivity index (χ1n) is 9.78. The molecule has 146 valence electrons. The normalized spacial score (nSPS) is 12.8. The summed E-state index contributed by atoms with van der Waals surface area (Å²) in [6.07, 6.45) is 7.79. The van der Waals surface area contributed by atoms with E-state index in [1.807, 2.05) is 18.2 Å². The first-order chi connectivity index (χ1) is 12.5. The molecule has 0 aliphatic rings. The first-order valence-corrected chi connectivity index (χ1v) is 10.2. The standard InChI is InChI=1S/C22H34ClN.C2H4/c1-6-8-10-21(9-7-2)24-16-15-22(18(5)17(3)4)19-11-13-20(23)14-12-19;1-2/h6,11-14,17,21-22,24H,1,5,7-10,15-16H2,2-4H3;1-2H2. The average Bonchev–Trinajstić information content (AvgIpc) is 2.65. The number of rotatable bonds is 12. The molecule has 1 nitrogen and oxygen atoms in total. The van der Waals surface area contributed by atoms with Gasteiger partial charge in [0.2, 0.25) is 0 Å². The van der Waals surface area contributed by atoms with Crippen molar-refractivity contribution >= 4 is 11.6 Å². The summed E-state index contributed by atoms with van der Waals surface area (Å²) >= 11 is 6.04. The van der Waals surface area contributed by atoms with Gasteiger partial charge in [0.15, 0.2) is 0 Å². The highest BCUT2D eigenvalue weighted by Gasteiger charge is 2.18. The monoisotopic (exact) mass is 375 g/mol. The Hall–Kier alpha value is -1.31. The van der Waals surface area contributed by atoms with Gasteiger partial charge in [-0.25, -0.2) is 0 Å². The van der Waals surface area contributed by atoms with Gasteiger partial charge in [0.25, 0.3) is 0 Å². The molecule has 0 aromatic heterocycles. The fourth-order valence-corrected chi connectivity index (χ4v) is 3.24. The average molecular weight is 376 g/mol. The van der Waals surface area contributed by atoms with E-state index in [1.54, 1.807) is 0 Å². The number of hydrogen-bond donors (Lipinski definition) is 1. The molecule has 0 bridgehead atoms. The third-order valence-electron chi connectivity index (χ3n) is 4.68. The molecule has 1 aromatic carbocycles. The van der Waals surface area contributed by atoms with E-state index in [2.05, 4.69) is 64.5 Å². The second kappa shape index (κ2) is 14.8. The predicted octanol–water partition coefficient (Wildman–Crippen LogP) is 7.55. The molecule has 0 saturated heterocycles. The van der Waals surface area contributed by atoms with Crippen LogP contribution in [0.15, 0.2) is 62.2 Å². The van der Waals surface area contributed by atoms with Gasteiger partial charge >= 0.3 is 0 Å². The summed E-state index contributed by atoms with van der Waals surface area (Å²) in [4.78, 5) is 0. The summed E-state index contributed by atoms with van der Waals surface area (Å²) in [6.45, 7) is 21.9. The summed E-state index contributed by atoms with van der Waals surface area (Å²) < 4.78 is 0. The van der Waals surface area contributed by atoms with Crippen LogP contribution in [-0.2, 0) is 0 Å². The molecule has 0 aliphatic heterocycles. The maximum Gasteiger partial charge on any atom is 0.0406 e. The number of nitrogens with one attached hydrogen (secondary N) is 1. The summed E-state index contributed by atoms with van der Waals surface area (Å²) in [5, 5.41) is 4.54. The second-order valence-corrected chi connectivity index (χ2v) is 7.36. The van der Waals surface area contributed by atoms with E-state index in [0.717, 1.165) is 24.4 Å². The number of allylic oxidation sites excluding steroid dienone is 2. The molecule has 1 rings (SSSR count). The van der Waals surface area contributed by atoms with Crippen LogP contribution in [0.3, 0.4) is 0 Å². The molecule has 26 heavy (non-hydrogen) atoms. The Morgan fingerprint density at radius 1 is 1.12 bits per heavy atom. The van der Waals surface area contributed by atoms with Crippen LogP contribution in [0, 0.1) is 5.92 Å². The minimum Gasteiger partial charge on any atom is -0.314 e. The zero-order valence-electron chi connectivity index (χ0n) is 17.1. The molecule has 2 atom stereocenters. The molecular formula is C24H38ClN. The fraction of sp³-hybridized carbons (Fsp3) is 0.500. The highest BCUT2D eigenvalue weighted by molar-refractivity contribution is 6.30. The lowest BCUT2D eigenvalue weighted by molar-refractivity contribution is 0.437. The van der Waals surface area contributed by atoms with Crippen molar-refractivity contribution in [1.82, 2.24) is 5.32 Å². The largest absolute Gasteiger partial charge is 0.314 e. The van der Waals surface area contributed by atoms with Gasteiger partial charge in [-0.1, -0.05) is 69.2 Å². The van der Waals surface area contributed by atoms with Crippen molar-refractivity contribution in [2.45, 2.75) is 64.8 Å². The second-order valence-electron chi connectivity index (χ2n) is 6.93. The zero-order chi connectivity index (χ0) is 19.9. The molecule has 2 heteroatoms. The predicted molar refractivity (Wildman–Crippen MR) is 120 cm³/mol. The van der Waals surface area contributed by atoms with Gasteiger partial charge in [-0.3, -0.25) is 0 Å². The lowest BCUT2D eigenvalue weighted by Crippen LogP contribution is -2.30. The van der Waals surface area contributed by atoms with Gasteiger partial charge in [0.1, 0.15) is 0 Å². The number of benzene rings is 1. The molecule has 0 radical (unpaired) electrons. The van der Waals surface area contributed by atoms with E-state index >= 15 is 0 Å². The van der Waals surface area contributed by atoms with E-state index in [9.17, 15) is 0 Å². The lowest BCUT2D eigenvalue weighted by Gasteiger charge is -2.25. The molecule has 1 aromatic rings. The van der Waals surface area contributed by atoms with Crippen LogP contribution in [0.25, 0.3) is 0 Å². The number of halogens is 1. The highest BCUT2D eigenvalue weighted by Crippen LogP contribution is 2.31. The van der Waals surface area contributed by atoms with Crippen molar-refractivity contribution < 1.29 is 0 Å². The van der Waals surface area contributed by atoms with Gasteiger partial charge in [-0.05, 0) is 55.8 Å². The first kappa shape index (κ1) is 24.7. The Morgan fingerprint density at radius 2 is 1.73 bits per heavy atom. The molecule has 2 unspecified atom stereocenters. The Balaban J connectivity index is 0.00000301. The van der Waals surface area contributed by atoms with Crippen molar-refractivity contribution in [1.29, 1.82) is 0 Å². The topological polar surface area (TPSA) is 12.0 Å². The van der Waals surface area contributed by atoms with E-state index in [-0.39, 0.29) is 0 Å². The third-order valence-corrected chi connectivity index (χ3v) is 4.94. The van der Waals surface area contributed by atoms with Gasteiger partial charge in [-0.15, -0.1) is 19.7 Å². The van der Waals surface area contributed by atoms with Crippen molar-refractivity contribution in [2.24, 2.45) is 5.92 Å². The number of hydrogen-bond acceptors (Lipinski definition) is 1. The maximum absolute atomic E-state index is 6.04. The van der Waals surface area contributed by atoms with Gasteiger partial charge in [0.05, 0.1) is 0 Å². The Labute approximate surface area is 167 Å². The zero-order valence-corrected chi connectivity index (χ0v) is 17.8. The summed E-state index contributed by atoms with van der Waals surface area (Å²) in [7, 11) is 0. The van der Waals surface area contributed by atoms with E-state index < -0.39 is 0 Å². The van der Waals surface area contributed by atoms with E-state index in [1.165, 1.54) is 30.4 Å². The van der Waals surface area contributed by atoms with Crippen molar-refractivity contribution in [3.63, 3.8) is 0 Å². The molecular weight excluding hydrogens is 338 g/mol. The van der Waals surface area contributed by atoms with E-state index in [4.69, 9.17) is 11.6 Å². The minimum absolute atomic E-state index is 0.386. The minimum atomic E-state index is 0.386. The smallest absolute Gasteiger partial charge is 0.0406 e. The molecule has 0 spiro atoms. The van der Waals surface area contributed by atoms with Crippen LogP contribution in [-0.4, -0.2) is 12.6 Å². The Kier molecular flexibility index (Phi) is 14.1. The molecule has 0 fully saturated rings. The molecule has 0 saturated carbocycles. The summed E-state index contributed by atoms with van der Waals surface area (Å²) in [5.74, 6) is 0.870. The summed E-state index contributed by atoms with van der Waals surface area (Å²) in [5.41, 5.74) is 2.62. The Morgan fingerprint density at radius 3 is 2.23 bits per heavy atom. The van der Waals surface area contributed by atoms with E-state index in [0.29, 0.717) is 17.9 Å². The maximum atomic E-state index is 6.04. The lowest BCUT2D eigenvalue weighted by atomic mass is 9.83. The fourth-order valence-electron chi connectivity index (χ4n) is 3.11. The van der Waals surface area contributed by atoms with Crippen molar-refractivity contribution in [2.75, 3.05) is 6.54 Å². The molecule has 1 N–H and O–H groups in total. The van der Waals surface area contributed by atoms with Crippen LogP contribution < -0.4 is 5.32 Å². The van der Waals surface area contributed by atoms with Crippen LogP contribution in [0.2, 0.25) is 5.02 Å². The van der Waals surface area contributed by atoms with Crippen LogP contribution in [0.1, 0.15) is 64.4 Å². The SMILES string of the molecule is C=C.C=CCCC(CCC)NCCC(C(=C)C(C)C)c1ccc(Cl)cc1. The van der Waals surface area contributed by atoms with Gasteiger partial charge < -0.3 is 5.32 Å². The molecule has 0 aliphatic carbocycles. The highest BCUT2D eigenvalue weighted by atomic mass is 35.5.